The molecule has 9 aliphatic carbocycles. The first-order valence-corrected chi connectivity index (χ1v) is 26.0. The highest BCUT2D eigenvalue weighted by Gasteiger charge is 2.73. The summed E-state index contributed by atoms with van der Waals surface area (Å²) in [7, 11) is 0. The van der Waals surface area contributed by atoms with Crippen molar-refractivity contribution in [2.24, 2.45) is 104 Å². The van der Waals surface area contributed by atoms with Crippen molar-refractivity contribution in [3.63, 3.8) is 0 Å². The number of amides is 6. The maximum Gasteiger partial charge on any atom is 0.228 e. The van der Waals surface area contributed by atoms with E-state index in [2.05, 4.69) is 63.7 Å². The molecule has 12 atom stereocenters. The summed E-state index contributed by atoms with van der Waals surface area (Å²) in [5.41, 5.74) is 20.0. The number of primary amides is 3. The second kappa shape index (κ2) is 17.2. The summed E-state index contributed by atoms with van der Waals surface area (Å²) in [4.78, 5) is 74.2. The van der Waals surface area contributed by atoms with E-state index in [1.807, 2.05) is 72.8 Å². The summed E-state index contributed by atoms with van der Waals surface area (Å²) in [5, 5.41) is 8.94. The van der Waals surface area contributed by atoms with Gasteiger partial charge >= 0.3 is 0 Å². The summed E-state index contributed by atoms with van der Waals surface area (Å²) < 4.78 is 2.91. The van der Waals surface area contributed by atoms with E-state index in [0.29, 0.717) is 35.5 Å². The molecule has 9 aliphatic rings. The SMILES string of the molecule is NC(=O)C1C(C(=O)Nc2ccc(Br)cc2)C2CCC1C21CC1.NC(=O)C1C(C(=O)Nc2ccc(Br)cc2)C2CCC1C21CC1.NC(=O)C1C(C(=O)Nc2ccc(Br)cc2)C2CCC1C21CC1. The van der Waals surface area contributed by atoms with Gasteiger partial charge in [0, 0.05) is 30.5 Å². The van der Waals surface area contributed by atoms with Crippen LogP contribution in [0.2, 0.25) is 0 Å². The number of benzene rings is 3. The Bertz CT molecular complexity index is 2190. The maximum atomic E-state index is 12.8. The molecule has 9 fully saturated rings. The van der Waals surface area contributed by atoms with Crippen molar-refractivity contribution < 1.29 is 28.8 Å². The number of carbonyl (C=O) groups excluding carboxylic acids is 6. The van der Waals surface area contributed by atoms with Crippen LogP contribution < -0.4 is 33.2 Å². The van der Waals surface area contributed by atoms with Crippen LogP contribution in [-0.4, -0.2) is 35.4 Å². The fourth-order valence-corrected chi connectivity index (χ4v) is 16.2. The maximum absolute atomic E-state index is 12.8. The normalized spacial score (nSPS) is 33.9. The van der Waals surface area contributed by atoms with E-state index >= 15 is 0 Å². The Hall–Kier alpha value is -4.08. The highest BCUT2D eigenvalue weighted by molar-refractivity contribution is 9.11. The van der Waals surface area contributed by atoms with Crippen molar-refractivity contribution in [2.45, 2.75) is 77.0 Å². The summed E-state index contributed by atoms with van der Waals surface area (Å²) >= 11 is 10.1. The minimum absolute atomic E-state index is 0.0374. The lowest BCUT2D eigenvalue weighted by Gasteiger charge is -2.27. The molecule has 3 spiro atoms. The van der Waals surface area contributed by atoms with Gasteiger partial charge in [0.2, 0.25) is 35.4 Å². The Morgan fingerprint density at radius 3 is 0.742 bits per heavy atom. The van der Waals surface area contributed by atoms with Crippen LogP contribution in [-0.2, 0) is 28.8 Å². The lowest BCUT2D eigenvalue weighted by atomic mass is 9.78. The van der Waals surface area contributed by atoms with Crippen LogP contribution >= 0.6 is 47.8 Å². The molecule has 15 heteroatoms. The highest BCUT2D eigenvalue weighted by atomic mass is 79.9. The van der Waals surface area contributed by atoms with Crippen molar-refractivity contribution >= 4 is 100 Å². The topological polar surface area (TPSA) is 217 Å². The summed E-state index contributed by atoms with van der Waals surface area (Å²) in [6.45, 7) is 0. The molecule has 3 aromatic rings. The van der Waals surface area contributed by atoms with E-state index in [9.17, 15) is 28.8 Å². The van der Waals surface area contributed by atoms with E-state index in [1.165, 1.54) is 0 Å². The molecule has 12 unspecified atom stereocenters. The standard InChI is InChI=1S/3C17H19BrN2O2/c3*18-9-1-3-10(4-2-9)20-16(22)14-12-6-5-11(13(14)15(19)21)17(12)7-8-17/h3*1-4,11-14H,5-8H2,(H2,19,21)(H,20,22). The fraction of sp³-hybridized carbons (Fsp3) is 0.529. The number of hydrogen-bond acceptors (Lipinski definition) is 6. The van der Waals surface area contributed by atoms with Gasteiger partial charge in [-0.05, 0) is 202 Å². The second-order valence-electron chi connectivity index (χ2n) is 20.9. The van der Waals surface area contributed by atoms with Crippen molar-refractivity contribution in [3.8, 4) is 0 Å². The van der Waals surface area contributed by atoms with Gasteiger partial charge in [0.1, 0.15) is 0 Å². The molecule has 0 heterocycles. The Morgan fingerprint density at radius 1 is 0.364 bits per heavy atom. The number of halogens is 3. The van der Waals surface area contributed by atoms with Gasteiger partial charge in [0.25, 0.3) is 0 Å². The van der Waals surface area contributed by atoms with Crippen LogP contribution in [0.4, 0.5) is 17.1 Å². The first-order chi connectivity index (χ1) is 31.6. The van der Waals surface area contributed by atoms with Crippen LogP contribution in [0.5, 0.6) is 0 Å². The summed E-state index contributed by atoms with van der Waals surface area (Å²) in [6.07, 6.45) is 13.3. The molecule has 12 rings (SSSR count). The Labute approximate surface area is 410 Å². The molecule has 9 saturated carbocycles. The number of hydrogen-bond donors (Lipinski definition) is 6. The Kier molecular flexibility index (Phi) is 11.9. The van der Waals surface area contributed by atoms with Crippen molar-refractivity contribution in [2.75, 3.05) is 16.0 Å². The minimum Gasteiger partial charge on any atom is -0.369 e. The van der Waals surface area contributed by atoms with Gasteiger partial charge in [-0.3, -0.25) is 28.8 Å². The van der Waals surface area contributed by atoms with E-state index in [1.54, 1.807) is 0 Å². The van der Waals surface area contributed by atoms with Crippen molar-refractivity contribution in [1.82, 2.24) is 0 Å². The Morgan fingerprint density at radius 2 is 0.561 bits per heavy atom. The summed E-state index contributed by atoms with van der Waals surface area (Å²) in [5.74, 6) is -0.585. The van der Waals surface area contributed by atoms with Crippen LogP contribution in [0.15, 0.2) is 86.2 Å². The second-order valence-corrected chi connectivity index (χ2v) is 23.7. The average molecular weight is 1090 g/mol. The largest absolute Gasteiger partial charge is 0.369 e. The first-order valence-electron chi connectivity index (χ1n) is 23.7. The molecule has 3 aromatic carbocycles. The molecule has 0 saturated heterocycles. The summed E-state index contributed by atoms with van der Waals surface area (Å²) in [6, 6.07) is 22.5. The molecule has 6 bridgehead atoms. The molecule has 0 radical (unpaired) electrons. The molecule has 9 N–H and O–H groups in total. The van der Waals surface area contributed by atoms with Crippen LogP contribution in [0.1, 0.15) is 77.0 Å². The molecule has 0 aliphatic heterocycles. The lowest BCUT2D eigenvalue weighted by Crippen LogP contribution is -2.40. The number of rotatable bonds is 9. The molecule has 66 heavy (non-hydrogen) atoms. The molecule has 6 amide bonds. The number of carbonyl (C=O) groups is 6. The predicted molar refractivity (Wildman–Crippen MR) is 260 cm³/mol. The number of nitrogens with two attached hydrogens (primary N) is 3. The molecular weight excluding hydrogens is 1030 g/mol. The van der Waals surface area contributed by atoms with Gasteiger partial charge in [-0.25, -0.2) is 0 Å². The zero-order chi connectivity index (χ0) is 46.4. The third-order valence-electron chi connectivity index (χ3n) is 18.3. The molecule has 0 aromatic heterocycles. The van der Waals surface area contributed by atoms with Gasteiger partial charge in [-0.1, -0.05) is 47.8 Å². The minimum atomic E-state index is -0.297. The average Bonchev–Trinajstić information content (AvgIpc) is 4.23. The van der Waals surface area contributed by atoms with Gasteiger partial charge in [0.15, 0.2) is 0 Å². The predicted octanol–water partition coefficient (Wildman–Crippen LogP) is 8.78. The third-order valence-corrected chi connectivity index (χ3v) is 19.9. The van der Waals surface area contributed by atoms with Gasteiger partial charge in [0.05, 0.1) is 35.5 Å². The third kappa shape index (κ3) is 7.74. The number of anilines is 3. The van der Waals surface area contributed by atoms with E-state index < -0.39 is 0 Å². The van der Waals surface area contributed by atoms with Crippen molar-refractivity contribution in [1.29, 1.82) is 0 Å². The van der Waals surface area contributed by atoms with Gasteiger partial charge in [-0.15, -0.1) is 0 Å². The Balaban J connectivity index is 0.000000116. The smallest absolute Gasteiger partial charge is 0.228 e. The van der Waals surface area contributed by atoms with Gasteiger partial charge < -0.3 is 33.2 Å². The zero-order valence-electron chi connectivity index (χ0n) is 36.7. The van der Waals surface area contributed by atoms with Crippen LogP contribution in [0, 0.1) is 87.3 Å². The van der Waals surface area contributed by atoms with Crippen molar-refractivity contribution in [3.05, 3.63) is 86.2 Å². The quantitative estimate of drug-likeness (QED) is 0.123. The molecule has 348 valence electrons. The van der Waals surface area contributed by atoms with Crippen LogP contribution in [0.25, 0.3) is 0 Å². The monoisotopic (exact) mass is 1090 g/mol. The van der Waals surface area contributed by atoms with E-state index in [4.69, 9.17) is 17.2 Å². The number of nitrogens with one attached hydrogen (secondary N) is 3. The fourth-order valence-electron chi connectivity index (χ4n) is 15.4. The highest BCUT2D eigenvalue weighted by Crippen LogP contribution is 2.76. The molecular formula is C51H57Br3N6O6. The van der Waals surface area contributed by atoms with Crippen LogP contribution in [0.3, 0.4) is 0 Å². The lowest BCUT2D eigenvalue weighted by molar-refractivity contribution is -0.132. The first kappa shape index (κ1) is 45.7. The zero-order valence-corrected chi connectivity index (χ0v) is 41.4. The van der Waals surface area contributed by atoms with E-state index in [-0.39, 0.29) is 87.2 Å². The molecule has 12 nitrogen and oxygen atoms in total. The van der Waals surface area contributed by atoms with E-state index in [0.717, 1.165) is 108 Å². The van der Waals surface area contributed by atoms with Gasteiger partial charge in [-0.2, -0.15) is 0 Å².